The van der Waals surface area contributed by atoms with Crippen LogP contribution < -0.4 is 5.32 Å². The van der Waals surface area contributed by atoms with Crippen LogP contribution in [0.3, 0.4) is 0 Å². The Balaban J connectivity index is 1.14. The molecule has 6 aromatic rings. The monoisotopic (exact) mass is 634 g/mol. The lowest BCUT2D eigenvalue weighted by Gasteiger charge is -2.15. The standard InChI is InChI=1S/C45H38N4/c1-3-10-32(11-4-1)40-27-43(47-29-40)39-25-31(24-38(26-39)34-19-17-33(18-20-34)37-15-9-23-46-28-37)30-49-45-41-16-8-7-12-35(41)21-22-42(45)44(48-49)36-13-5-2-6-14-36/h2,5-10,12-22,24-26,28-29,46H,1,3-4,11,23,27,30H2. The Hall–Kier alpha value is -5.74. The predicted octanol–water partition coefficient (Wildman–Crippen LogP) is 10.6. The Morgan fingerprint density at radius 1 is 0.694 bits per heavy atom. The summed E-state index contributed by atoms with van der Waals surface area (Å²) in [5, 5.41) is 12.3. The van der Waals surface area contributed by atoms with Gasteiger partial charge in [0.25, 0.3) is 0 Å². The zero-order valence-corrected chi connectivity index (χ0v) is 27.6. The average Bonchev–Trinajstić information content (AvgIpc) is 3.82. The maximum atomic E-state index is 5.32. The third-order valence-corrected chi connectivity index (χ3v) is 10.1. The third-order valence-electron chi connectivity index (χ3n) is 10.1. The molecule has 0 fully saturated rings. The molecule has 0 atom stereocenters. The fraction of sp³-hybridized carbons (Fsp3) is 0.156. The minimum absolute atomic E-state index is 0.651. The van der Waals surface area contributed by atoms with Crippen LogP contribution in [0.25, 0.3) is 49.6 Å². The first-order valence-electron chi connectivity index (χ1n) is 17.5. The van der Waals surface area contributed by atoms with E-state index in [1.165, 1.54) is 85.5 Å². The van der Waals surface area contributed by atoms with Gasteiger partial charge in [-0.15, -0.1) is 0 Å². The Kier molecular flexibility index (Phi) is 7.62. The quantitative estimate of drug-likeness (QED) is 0.190. The molecule has 0 bridgehead atoms. The van der Waals surface area contributed by atoms with Gasteiger partial charge < -0.3 is 5.32 Å². The van der Waals surface area contributed by atoms with Gasteiger partial charge in [-0.2, -0.15) is 5.10 Å². The van der Waals surface area contributed by atoms with E-state index in [4.69, 9.17) is 10.1 Å². The first kappa shape index (κ1) is 29.4. The zero-order chi connectivity index (χ0) is 32.6. The number of nitrogens with zero attached hydrogens (tertiary/aromatic N) is 3. The molecular formula is C45H38N4. The summed E-state index contributed by atoms with van der Waals surface area (Å²) < 4.78 is 2.22. The second-order valence-electron chi connectivity index (χ2n) is 13.3. The maximum Gasteiger partial charge on any atom is 0.100 e. The van der Waals surface area contributed by atoms with E-state index in [9.17, 15) is 0 Å². The minimum Gasteiger partial charge on any atom is -0.387 e. The van der Waals surface area contributed by atoms with E-state index in [-0.39, 0.29) is 0 Å². The molecule has 2 aliphatic heterocycles. The largest absolute Gasteiger partial charge is 0.387 e. The summed E-state index contributed by atoms with van der Waals surface area (Å²) in [6.07, 6.45) is 16.8. The summed E-state index contributed by atoms with van der Waals surface area (Å²) in [7, 11) is 0. The summed E-state index contributed by atoms with van der Waals surface area (Å²) >= 11 is 0. The lowest BCUT2D eigenvalue weighted by atomic mass is 9.90. The SMILES string of the molecule is C1=CC(c2ccc(-c3cc(Cn4nc(-c5ccccc5)c5ccc6ccccc6c54)cc(C4=NC=C(C5=CCCCC5)C4)c3)cc2)=CNC1. The van der Waals surface area contributed by atoms with Crippen molar-refractivity contribution in [2.45, 2.75) is 38.6 Å². The number of hydrogen-bond acceptors (Lipinski definition) is 3. The second-order valence-corrected chi connectivity index (χ2v) is 13.3. The normalized spacial score (nSPS) is 15.9. The van der Waals surface area contributed by atoms with Crippen molar-refractivity contribution in [1.29, 1.82) is 0 Å². The van der Waals surface area contributed by atoms with Crippen LogP contribution in [0.1, 0.15) is 48.8 Å². The number of benzene rings is 5. The van der Waals surface area contributed by atoms with Crippen LogP contribution in [0.15, 0.2) is 156 Å². The van der Waals surface area contributed by atoms with Crippen LogP contribution in [-0.2, 0) is 6.54 Å². The Morgan fingerprint density at radius 2 is 1.53 bits per heavy atom. The lowest BCUT2D eigenvalue weighted by Crippen LogP contribution is -2.08. The van der Waals surface area contributed by atoms with Crippen molar-refractivity contribution in [3.8, 4) is 22.4 Å². The first-order valence-corrected chi connectivity index (χ1v) is 17.5. The number of rotatable bonds is 7. The Morgan fingerprint density at radius 3 is 2.37 bits per heavy atom. The average molecular weight is 635 g/mol. The summed E-state index contributed by atoms with van der Waals surface area (Å²) in [6.45, 7) is 1.53. The molecule has 4 nitrogen and oxygen atoms in total. The van der Waals surface area contributed by atoms with Gasteiger partial charge in [-0.25, -0.2) is 0 Å². The topological polar surface area (TPSA) is 42.2 Å². The molecule has 1 aromatic heterocycles. The molecule has 49 heavy (non-hydrogen) atoms. The maximum absolute atomic E-state index is 5.32. The highest BCUT2D eigenvalue weighted by atomic mass is 15.3. The highest BCUT2D eigenvalue weighted by Gasteiger charge is 2.20. The predicted molar refractivity (Wildman–Crippen MR) is 205 cm³/mol. The highest BCUT2D eigenvalue weighted by Crippen LogP contribution is 2.35. The molecule has 3 heterocycles. The minimum atomic E-state index is 0.651. The fourth-order valence-electron chi connectivity index (χ4n) is 7.60. The molecule has 9 rings (SSSR count). The number of allylic oxidation sites excluding steroid dienone is 5. The molecule has 1 aliphatic carbocycles. The number of fused-ring (bicyclic) bond motifs is 3. The van der Waals surface area contributed by atoms with Crippen molar-refractivity contribution < 1.29 is 0 Å². The van der Waals surface area contributed by atoms with Crippen molar-refractivity contribution in [2.24, 2.45) is 4.99 Å². The van der Waals surface area contributed by atoms with Crippen LogP contribution in [0, 0.1) is 0 Å². The van der Waals surface area contributed by atoms with Gasteiger partial charge in [0, 0.05) is 41.7 Å². The molecule has 0 radical (unpaired) electrons. The molecule has 1 N–H and O–H groups in total. The molecule has 3 aliphatic rings. The lowest BCUT2D eigenvalue weighted by molar-refractivity contribution is 0.705. The molecular weight excluding hydrogens is 597 g/mol. The van der Waals surface area contributed by atoms with Crippen LogP contribution in [-0.4, -0.2) is 22.0 Å². The summed E-state index contributed by atoms with van der Waals surface area (Å²) in [6, 6.07) is 39.6. The number of aliphatic imine (C=N–C) groups is 1. The van der Waals surface area contributed by atoms with Gasteiger partial charge in [0.2, 0.25) is 0 Å². The van der Waals surface area contributed by atoms with E-state index in [1.807, 2.05) is 0 Å². The Bertz CT molecular complexity index is 2370. The van der Waals surface area contributed by atoms with E-state index in [0.717, 1.165) is 36.4 Å². The van der Waals surface area contributed by atoms with Gasteiger partial charge in [-0.05, 0) is 99.9 Å². The summed E-state index contributed by atoms with van der Waals surface area (Å²) in [4.78, 5) is 5.02. The van der Waals surface area contributed by atoms with Crippen LogP contribution in [0.4, 0.5) is 0 Å². The van der Waals surface area contributed by atoms with E-state index >= 15 is 0 Å². The molecule has 5 aromatic carbocycles. The van der Waals surface area contributed by atoms with Crippen molar-refractivity contribution in [3.05, 3.63) is 168 Å². The molecule has 0 unspecified atom stereocenters. The number of dihydropyridines is 1. The second kappa shape index (κ2) is 12.7. The van der Waals surface area contributed by atoms with Gasteiger partial charge >= 0.3 is 0 Å². The van der Waals surface area contributed by atoms with Gasteiger partial charge in [0.15, 0.2) is 0 Å². The van der Waals surface area contributed by atoms with Crippen LogP contribution >= 0.6 is 0 Å². The zero-order valence-electron chi connectivity index (χ0n) is 27.6. The molecule has 0 saturated heterocycles. The van der Waals surface area contributed by atoms with Crippen molar-refractivity contribution in [2.75, 3.05) is 6.54 Å². The third kappa shape index (κ3) is 5.74. The first-order chi connectivity index (χ1) is 24.3. The fourth-order valence-corrected chi connectivity index (χ4v) is 7.60. The molecule has 0 spiro atoms. The Labute approximate surface area is 287 Å². The van der Waals surface area contributed by atoms with E-state index in [1.54, 1.807) is 0 Å². The van der Waals surface area contributed by atoms with Crippen LogP contribution in [0.5, 0.6) is 0 Å². The van der Waals surface area contributed by atoms with Crippen molar-refractivity contribution >= 4 is 33.0 Å². The number of hydrogen-bond donors (Lipinski definition) is 1. The van der Waals surface area contributed by atoms with Gasteiger partial charge in [-0.1, -0.05) is 103 Å². The number of nitrogens with one attached hydrogen (secondary N) is 1. The summed E-state index contributed by atoms with van der Waals surface area (Å²) in [5.74, 6) is 0. The molecule has 4 heteroatoms. The van der Waals surface area contributed by atoms with Gasteiger partial charge in [-0.3, -0.25) is 9.67 Å². The van der Waals surface area contributed by atoms with Crippen molar-refractivity contribution in [3.63, 3.8) is 0 Å². The van der Waals surface area contributed by atoms with Crippen LogP contribution in [0.2, 0.25) is 0 Å². The van der Waals surface area contributed by atoms with Gasteiger partial charge in [0.1, 0.15) is 5.69 Å². The van der Waals surface area contributed by atoms with E-state index < -0.39 is 0 Å². The molecule has 0 amide bonds. The van der Waals surface area contributed by atoms with E-state index in [0.29, 0.717) is 6.54 Å². The summed E-state index contributed by atoms with van der Waals surface area (Å²) in [5.41, 5.74) is 14.5. The smallest absolute Gasteiger partial charge is 0.100 e. The van der Waals surface area contributed by atoms with Crippen molar-refractivity contribution in [1.82, 2.24) is 15.1 Å². The molecule has 238 valence electrons. The molecule has 0 saturated carbocycles. The highest BCUT2D eigenvalue weighted by molar-refractivity contribution is 6.10. The van der Waals surface area contributed by atoms with Gasteiger partial charge in [0.05, 0.1) is 17.8 Å². The van der Waals surface area contributed by atoms with E-state index in [2.05, 4.69) is 150 Å². The number of aromatic nitrogens is 2.